The van der Waals surface area contributed by atoms with Crippen molar-refractivity contribution in [1.29, 1.82) is 0 Å². The molecule has 0 bridgehead atoms. The van der Waals surface area contributed by atoms with Crippen molar-refractivity contribution >= 4 is 16.0 Å². The molecule has 1 aliphatic rings. The Labute approximate surface area is 129 Å². The van der Waals surface area contributed by atoms with Gasteiger partial charge in [0.05, 0.1) is 0 Å². The maximum atomic E-state index is 12.5. The van der Waals surface area contributed by atoms with Gasteiger partial charge < -0.3 is 9.80 Å². The van der Waals surface area contributed by atoms with E-state index in [1.54, 1.807) is 0 Å². The molecule has 0 spiro atoms. The van der Waals surface area contributed by atoms with Crippen LogP contribution >= 0.6 is 0 Å². The van der Waals surface area contributed by atoms with Gasteiger partial charge in [-0.3, -0.25) is 4.99 Å². The SMILES string of the molecule is CN(C)C(=NCC1CCN(S(=O)(=O)C(F)(F)F)CC1)N(C)C. The van der Waals surface area contributed by atoms with Crippen LogP contribution in [0.5, 0.6) is 0 Å². The smallest absolute Gasteiger partial charge is 0.349 e. The lowest BCUT2D eigenvalue weighted by atomic mass is 9.98. The molecule has 1 heterocycles. The number of hydrogen-bond donors (Lipinski definition) is 0. The van der Waals surface area contributed by atoms with Gasteiger partial charge in [-0.25, -0.2) is 8.42 Å². The minimum absolute atomic E-state index is 0.0922. The second-order valence-electron chi connectivity index (χ2n) is 5.72. The molecule has 1 saturated heterocycles. The van der Waals surface area contributed by atoms with Crippen LogP contribution < -0.4 is 0 Å². The van der Waals surface area contributed by atoms with Crippen LogP contribution in [0.4, 0.5) is 13.2 Å². The van der Waals surface area contributed by atoms with Crippen LogP contribution in [0.2, 0.25) is 0 Å². The molecule has 130 valence electrons. The van der Waals surface area contributed by atoms with Crippen molar-refractivity contribution in [2.45, 2.75) is 18.3 Å². The van der Waals surface area contributed by atoms with E-state index in [1.165, 1.54) is 0 Å². The lowest BCUT2D eigenvalue weighted by molar-refractivity contribution is -0.0496. The summed E-state index contributed by atoms with van der Waals surface area (Å²) in [7, 11) is 2.23. The highest BCUT2D eigenvalue weighted by molar-refractivity contribution is 7.90. The summed E-state index contributed by atoms with van der Waals surface area (Å²) in [6, 6.07) is 0. The molecule has 1 rings (SSSR count). The van der Waals surface area contributed by atoms with Gasteiger partial charge in [-0.05, 0) is 18.8 Å². The van der Waals surface area contributed by atoms with Gasteiger partial charge in [0, 0.05) is 47.8 Å². The van der Waals surface area contributed by atoms with Gasteiger partial charge >= 0.3 is 15.5 Å². The van der Waals surface area contributed by atoms with Gasteiger partial charge in [-0.15, -0.1) is 0 Å². The molecule has 0 N–H and O–H groups in total. The average Bonchev–Trinajstić information content (AvgIpc) is 2.37. The Balaban J connectivity index is 2.62. The number of halogens is 3. The number of guanidine groups is 1. The van der Waals surface area contributed by atoms with E-state index in [0.29, 0.717) is 23.7 Å². The van der Waals surface area contributed by atoms with Crippen LogP contribution in [0.15, 0.2) is 4.99 Å². The van der Waals surface area contributed by atoms with Gasteiger partial charge in [0.25, 0.3) is 0 Å². The second kappa shape index (κ2) is 7.03. The Hall–Kier alpha value is -1.03. The fourth-order valence-corrected chi connectivity index (χ4v) is 3.36. The average molecular weight is 344 g/mol. The summed E-state index contributed by atoms with van der Waals surface area (Å²) in [5.74, 6) is 0.861. The molecule has 0 aromatic heterocycles. The van der Waals surface area contributed by atoms with Gasteiger partial charge in [-0.1, -0.05) is 0 Å². The third-order valence-electron chi connectivity index (χ3n) is 3.50. The summed E-state index contributed by atoms with van der Waals surface area (Å²) in [6.07, 6.45) is 0.764. The molecule has 0 aromatic rings. The first-order valence-electron chi connectivity index (χ1n) is 6.92. The minimum Gasteiger partial charge on any atom is -0.349 e. The van der Waals surface area contributed by atoms with E-state index >= 15 is 0 Å². The molecule has 0 saturated carbocycles. The third-order valence-corrected chi connectivity index (χ3v) is 5.13. The molecule has 22 heavy (non-hydrogen) atoms. The van der Waals surface area contributed by atoms with Crippen LogP contribution in [0.3, 0.4) is 0 Å². The van der Waals surface area contributed by atoms with E-state index in [1.807, 2.05) is 38.0 Å². The van der Waals surface area contributed by atoms with Crippen molar-refractivity contribution in [1.82, 2.24) is 14.1 Å². The van der Waals surface area contributed by atoms with Crippen molar-refractivity contribution in [3.05, 3.63) is 0 Å². The fourth-order valence-electron chi connectivity index (χ4n) is 2.37. The maximum absolute atomic E-state index is 12.5. The number of piperidine rings is 1. The molecule has 0 amide bonds. The zero-order chi connectivity index (χ0) is 17.1. The van der Waals surface area contributed by atoms with E-state index in [0.717, 1.165) is 5.96 Å². The third kappa shape index (κ3) is 4.48. The standard InChI is InChI=1S/C12H23F3N4O2S/c1-17(2)11(18(3)4)16-9-10-5-7-19(8-6-10)22(20,21)12(13,14)15/h10H,5-9H2,1-4H3. The summed E-state index contributed by atoms with van der Waals surface area (Å²) >= 11 is 0. The number of rotatable bonds is 3. The summed E-state index contributed by atoms with van der Waals surface area (Å²) in [4.78, 5) is 8.16. The summed E-state index contributed by atoms with van der Waals surface area (Å²) in [5, 5.41) is 0. The monoisotopic (exact) mass is 344 g/mol. The first-order chi connectivity index (χ1) is 9.96. The van der Waals surface area contributed by atoms with Crippen molar-refractivity contribution in [3.63, 3.8) is 0 Å². The molecule has 6 nitrogen and oxygen atoms in total. The normalized spacial score (nSPS) is 18.1. The molecular weight excluding hydrogens is 321 g/mol. The fraction of sp³-hybridized carbons (Fsp3) is 0.917. The van der Waals surface area contributed by atoms with Crippen LogP contribution in [0, 0.1) is 5.92 Å². The molecule has 0 aliphatic carbocycles. The Morgan fingerprint density at radius 3 is 1.95 bits per heavy atom. The zero-order valence-electron chi connectivity index (χ0n) is 13.3. The molecule has 10 heteroatoms. The highest BCUT2D eigenvalue weighted by Gasteiger charge is 2.50. The van der Waals surface area contributed by atoms with Crippen LogP contribution in [-0.2, 0) is 10.0 Å². The van der Waals surface area contributed by atoms with Crippen molar-refractivity contribution in [2.75, 3.05) is 47.8 Å². The summed E-state index contributed by atoms with van der Waals surface area (Å²) in [5.41, 5.74) is -5.22. The number of nitrogens with zero attached hydrogens (tertiary/aromatic N) is 4. The Bertz CT molecular complexity index is 485. The highest BCUT2D eigenvalue weighted by atomic mass is 32.2. The number of hydrogen-bond acceptors (Lipinski definition) is 3. The summed E-state index contributed by atoms with van der Waals surface area (Å²) < 4.78 is 60.6. The molecule has 0 aromatic carbocycles. The van der Waals surface area contributed by atoms with Crippen LogP contribution in [-0.4, -0.2) is 81.8 Å². The van der Waals surface area contributed by atoms with Crippen molar-refractivity contribution < 1.29 is 21.6 Å². The maximum Gasteiger partial charge on any atom is 0.511 e. The quantitative estimate of drug-likeness (QED) is 0.567. The zero-order valence-corrected chi connectivity index (χ0v) is 14.1. The van der Waals surface area contributed by atoms with Gasteiger partial charge in [0.1, 0.15) is 0 Å². The minimum atomic E-state index is -5.22. The van der Waals surface area contributed by atoms with Crippen LogP contribution in [0.1, 0.15) is 12.8 Å². The second-order valence-corrected chi connectivity index (χ2v) is 7.65. The Morgan fingerprint density at radius 2 is 1.59 bits per heavy atom. The molecule has 0 unspecified atom stereocenters. The van der Waals surface area contributed by atoms with E-state index < -0.39 is 15.5 Å². The first-order valence-corrected chi connectivity index (χ1v) is 8.36. The Morgan fingerprint density at radius 1 is 1.14 bits per heavy atom. The lowest BCUT2D eigenvalue weighted by Gasteiger charge is -2.31. The lowest BCUT2D eigenvalue weighted by Crippen LogP contribution is -2.45. The van der Waals surface area contributed by atoms with Gasteiger partial charge in [0.15, 0.2) is 5.96 Å². The van der Waals surface area contributed by atoms with E-state index in [-0.39, 0.29) is 19.0 Å². The van der Waals surface area contributed by atoms with E-state index in [2.05, 4.69) is 4.99 Å². The molecule has 1 fully saturated rings. The van der Waals surface area contributed by atoms with Crippen LogP contribution in [0.25, 0.3) is 0 Å². The highest BCUT2D eigenvalue weighted by Crippen LogP contribution is 2.30. The Kier molecular flexibility index (Phi) is 6.08. The van der Waals surface area contributed by atoms with Gasteiger partial charge in [0.2, 0.25) is 0 Å². The predicted octanol–water partition coefficient (Wildman–Crippen LogP) is 1.03. The summed E-state index contributed by atoms with van der Waals surface area (Å²) in [6.45, 7) is 0.258. The van der Waals surface area contributed by atoms with E-state index in [4.69, 9.17) is 0 Å². The molecule has 0 atom stereocenters. The predicted molar refractivity (Wildman–Crippen MR) is 78.9 cm³/mol. The molecule has 1 aliphatic heterocycles. The largest absolute Gasteiger partial charge is 0.511 e. The van der Waals surface area contributed by atoms with E-state index in [9.17, 15) is 21.6 Å². The topological polar surface area (TPSA) is 56.2 Å². The first kappa shape index (κ1) is 19.0. The van der Waals surface area contributed by atoms with Crippen molar-refractivity contribution in [3.8, 4) is 0 Å². The molecular formula is C12H23F3N4O2S. The van der Waals surface area contributed by atoms with Crippen molar-refractivity contribution in [2.24, 2.45) is 10.9 Å². The number of alkyl halides is 3. The molecule has 0 radical (unpaired) electrons. The number of sulfonamides is 1. The number of aliphatic imine (C=N–C) groups is 1. The van der Waals surface area contributed by atoms with Gasteiger partial charge in [-0.2, -0.15) is 17.5 Å².